The zero-order valence-electron chi connectivity index (χ0n) is 13.2. The number of benzene rings is 1. The Morgan fingerprint density at radius 2 is 2.09 bits per heavy atom. The first-order valence-electron chi connectivity index (χ1n) is 7.60. The van der Waals surface area contributed by atoms with Crippen LogP contribution in [-0.4, -0.2) is 15.0 Å². The number of para-hydroxylation sites is 1. The highest BCUT2D eigenvalue weighted by Crippen LogP contribution is 2.29. The van der Waals surface area contributed by atoms with E-state index in [1.165, 1.54) is 0 Å². The van der Waals surface area contributed by atoms with Gasteiger partial charge in [-0.25, -0.2) is 4.79 Å². The van der Waals surface area contributed by atoms with Gasteiger partial charge in [0.25, 0.3) is 0 Å². The molecule has 1 aromatic heterocycles. The van der Waals surface area contributed by atoms with Crippen LogP contribution in [0.2, 0.25) is 0 Å². The van der Waals surface area contributed by atoms with E-state index in [9.17, 15) is 9.59 Å². The maximum Gasteiger partial charge on any atom is 0.329 e. The first-order valence-corrected chi connectivity index (χ1v) is 7.60. The molecule has 2 heterocycles. The smallest absolute Gasteiger partial charge is 0.329 e. The van der Waals surface area contributed by atoms with E-state index < -0.39 is 6.04 Å². The van der Waals surface area contributed by atoms with Gasteiger partial charge in [0.2, 0.25) is 5.91 Å². The van der Waals surface area contributed by atoms with Crippen molar-refractivity contribution in [3.8, 4) is 0 Å². The summed E-state index contributed by atoms with van der Waals surface area (Å²) >= 11 is 0. The number of allylic oxidation sites excluding steroid dienone is 1. The third-order valence-corrected chi connectivity index (χ3v) is 4.39. The minimum Gasteiger partial charge on any atom is -0.329 e. The molecule has 0 aliphatic carbocycles. The van der Waals surface area contributed by atoms with Crippen molar-refractivity contribution < 1.29 is 6.22 Å². The molecule has 1 atom stereocenters. The molecule has 1 aliphatic rings. The van der Waals surface area contributed by atoms with E-state index in [0.717, 1.165) is 22.3 Å². The summed E-state index contributed by atoms with van der Waals surface area (Å²) < 4.78 is 3.28. The molecule has 3 rings (SSSR count). The van der Waals surface area contributed by atoms with Crippen molar-refractivity contribution >= 4 is 16.9 Å². The van der Waals surface area contributed by atoms with Crippen molar-refractivity contribution in [3.63, 3.8) is 0 Å². The quantitative estimate of drug-likeness (QED) is 0.927. The summed E-state index contributed by atoms with van der Waals surface area (Å²) in [6.07, 6.45) is 1.30. The number of aryl methyl sites for hydroxylation is 1. The lowest BCUT2D eigenvalue weighted by Crippen LogP contribution is -2.40. The number of amides is 1. The Kier molecular flexibility index (Phi) is 3.43. The number of nitrogens with zero attached hydrogens (tertiary/aromatic N) is 2. The van der Waals surface area contributed by atoms with Crippen molar-refractivity contribution in [1.82, 2.24) is 14.5 Å². The van der Waals surface area contributed by atoms with Crippen molar-refractivity contribution in [2.24, 2.45) is 7.05 Å². The highest BCUT2D eigenvalue weighted by atomic mass is 16.2. The van der Waals surface area contributed by atoms with Crippen molar-refractivity contribution in [2.75, 3.05) is 0 Å². The van der Waals surface area contributed by atoms with Crippen molar-refractivity contribution in [1.29, 1.82) is 0 Å². The minimum atomic E-state index is -0.468. The molecule has 1 fully saturated rings. The van der Waals surface area contributed by atoms with Gasteiger partial charge in [-0.05, 0) is 30.4 Å². The molecule has 0 radical (unpaired) electrons. The van der Waals surface area contributed by atoms with Crippen LogP contribution in [-0.2, 0) is 11.8 Å². The Hall–Kier alpha value is -2.30. The number of aromatic nitrogens is 2. The molecule has 5 nitrogen and oxygen atoms in total. The number of imidazole rings is 1. The third-order valence-electron chi connectivity index (χ3n) is 4.39. The van der Waals surface area contributed by atoms with E-state index in [-0.39, 0.29) is 13.0 Å². The molecule has 22 heavy (non-hydrogen) atoms. The van der Waals surface area contributed by atoms with Gasteiger partial charge in [-0.15, -0.1) is 0 Å². The fraction of sp³-hybridized carbons (Fsp3) is 0.412. The molecule has 1 aromatic carbocycles. The number of hydrogen-bond donors (Lipinski definition) is 1. The van der Waals surface area contributed by atoms with Crippen LogP contribution >= 0.6 is 0 Å². The van der Waals surface area contributed by atoms with Gasteiger partial charge in [-0.1, -0.05) is 32.6 Å². The molecule has 0 saturated carbocycles. The number of hydrogen-bond acceptors (Lipinski definition) is 2. The number of carbonyl (C=O) groups is 1. The van der Waals surface area contributed by atoms with Crippen LogP contribution in [0.25, 0.3) is 11.0 Å². The Morgan fingerprint density at radius 3 is 2.73 bits per heavy atom. The lowest BCUT2D eigenvalue weighted by atomic mass is 10.0. The van der Waals surface area contributed by atoms with Gasteiger partial charge in [-0.2, -0.15) is 0 Å². The summed E-state index contributed by atoms with van der Waals surface area (Å²) in [5, 5.41) is 2.76. The zero-order chi connectivity index (χ0) is 16.0. The zero-order valence-corrected chi connectivity index (χ0v) is 13.2. The molecule has 1 aliphatic heterocycles. The first-order chi connectivity index (χ1) is 10.4. The summed E-state index contributed by atoms with van der Waals surface area (Å²) in [6.45, 7) is 8.01. The fourth-order valence-corrected chi connectivity index (χ4v) is 3.24. The van der Waals surface area contributed by atoms with Crippen molar-refractivity contribution in [2.45, 2.75) is 38.6 Å². The highest BCUT2D eigenvalue weighted by molar-refractivity contribution is 5.87. The van der Waals surface area contributed by atoms with E-state index in [0.29, 0.717) is 18.8 Å². The maximum atomic E-state index is 12.7. The highest BCUT2D eigenvalue weighted by Gasteiger charge is 2.29. The van der Waals surface area contributed by atoms with Gasteiger partial charge in [0.1, 0.15) is 6.04 Å². The molecular weight excluding hydrogens is 278 g/mol. The van der Waals surface area contributed by atoms with Crippen LogP contribution in [0.1, 0.15) is 45.6 Å². The lowest BCUT2D eigenvalue weighted by Gasteiger charge is -2.24. The second-order valence-electron chi connectivity index (χ2n) is 6.23. The predicted molar refractivity (Wildman–Crippen MR) is 88.9 cm³/mol. The van der Waals surface area contributed by atoms with Gasteiger partial charge in [0.15, 0.2) is 0 Å². The van der Waals surface area contributed by atoms with Crippen LogP contribution in [0.15, 0.2) is 35.3 Å². The average molecular weight is 301 g/mol. The van der Waals surface area contributed by atoms with Crippen LogP contribution in [0, 0.1) is 0 Å². The summed E-state index contributed by atoms with van der Waals surface area (Å²) in [4.78, 5) is 25.0. The number of fused-ring (bicyclic) bond motifs is 1. The number of piperidine rings is 1. The first kappa shape index (κ1) is 14.6. The Labute approximate surface area is 130 Å². The van der Waals surface area contributed by atoms with Gasteiger partial charge < -0.3 is 5.32 Å². The summed E-state index contributed by atoms with van der Waals surface area (Å²) in [6, 6.07) is 5.44. The molecule has 0 unspecified atom stereocenters. The maximum absolute atomic E-state index is 12.7. The summed E-state index contributed by atoms with van der Waals surface area (Å²) in [7, 11) is 1.77. The molecule has 0 bridgehead atoms. The second kappa shape index (κ2) is 5.16. The van der Waals surface area contributed by atoms with Gasteiger partial charge >= 0.3 is 5.69 Å². The number of rotatable bonds is 2. The fourth-order valence-electron chi connectivity index (χ4n) is 3.24. The molecule has 1 saturated heterocycles. The summed E-state index contributed by atoms with van der Waals surface area (Å²) in [5.74, 6) is 0.158. The largest absolute Gasteiger partial charge is 0.329 e. The minimum absolute atomic E-state index is 0. The van der Waals surface area contributed by atoms with Crippen LogP contribution < -0.4 is 11.0 Å². The van der Waals surface area contributed by atoms with Crippen LogP contribution in [0.3, 0.4) is 0 Å². The van der Waals surface area contributed by atoms with E-state index >= 15 is 0 Å². The Balaban J connectivity index is 0.00000192. The van der Waals surface area contributed by atoms with E-state index in [4.69, 9.17) is 0 Å². The standard InChI is InChI=1S/C17H21N3O2.H2/c1-10(2)12-6-5-7-13-15(12)19(4)17(22)20(13)14-9-8-11(3)18-16(14)21;/h5-7,10,14H,3,8-9H2,1-2,4H3,(H,18,21);1H/t14-;/m0./s1. The monoisotopic (exact) mass is 301 g/mol. The molecule has 1 amide bonds. The van der Waals surface area contributed by atoms with Crippen molar-refractivity contribution in [3.05, 3.63) is 46.5 Å². The van der Waals surface area contributed by atoms with E-state index in [1.54, 1.807) is 16.2 Å². The predicted octanol–water partition coefficient (Wildman–Crippen LogP) is 2.67. The van der Waals surface area contributed by atoms with Gasteiger partial charge in [0.05, 0.1) is 11.0 Å². The second-order valence-corrected chi connectivity index (χ2v) is 6.23. The number of carbonyl (C=O) groups excluding carboxylic acids is 1. The molecule has 0 spiro atoms. The number of nitrogens with one attached hydrogen (secondary N) is 1. The lowest BCUT2D eigenvalue weighted by molar-refractivity contribution is -0.124. The topological polar surface area (TPSA) is 56.0 Å². The SMILES string of the molecule is C=C1CC[C@H](n2c(=O)n(C)c3c(C(C)C)cccc32)C(=O)N1.[HH]. The normalized spacial score (nSPS) is 19.0. The average Bonchev–Trinajstić information content (AvgIpc) is 2.72. The molecule has 5 heteroatoms. The third kappa shape index (κ3) is 2.08. The molecule has 1 N–H and O–H groups in total. The van der Waals surface area contributed by atoms with E-state index in [1.807, 2.05) is 18.2 Å². The van der Waals surface area contributed by atoms with Crippen LogP contribution in [0.4, 0.5) is 0 Å². The van der Waals surface area contributed by atoms with Crippen LogP contribution in [0.5, 0.6) is 0 Å². The summed E-state index contributed by atoms with van der Waals surface area (Å²) in [5.41, 5.74) is 3.44. The Bertz CT molecular complexity index is 832. The van der Waals surface area contributed by atoms with Gasteiger partial charge in [0, 0.05) is 14.2 Å². The molecule has 118 valence electrons. The molecular formula is C17H23N3O2. The van der Waals surface area contributed by atoms with Gasteiger partial charge in [-0.3, -0.25) is 13.9 Å². The Morgan fingerprint density at radius 1 is 1.36 bits per heavy atom. The molecule has 2 aromatic rings. The van der Waals surface area contributed by atoms with E-state index in [2.05, 4.69) is 25.7 Å².